The van der Waals surface area contributed by atoms with E-state index in [0.29, 0.717) is 12.8 Å². The number of allylic oxidation sites excluding steroid dienone is 1. The third-order valence-corrected chi connectivity index (χ3v) is 6.58. The highest BCUT2D eigenvalue weighted by molar-refractivity contribution is 8.00. The second kappa shape index (κ2) is 7.11. The van der Waals surface area contributed by atoms with Gasteiger partial charge in [0, 0.05) is 36.1 Å². The summed E-state index contributed by atoms with van der Waals surface area (Å²) in [6.07, 6.45) is 0.711. The van der Waals surface area contributed by atoms with Crippen LogP contribution in [0.1, 0.15) is 25.1 Å². The first-order chi connectivity index (χ1) is 11.5. The summed E-state index contributed by atoms with van der Waals surface area (Å²) in [6, 6.07) is 3.88. The Morgan fingerprint density at radius 3 is 2.88 bits per heavy atom. The van der Waals surface area contributed by atoms with Gasteiger partial charge in [-0.3, -0.25) is 14.4 Å². The fraction of sp³-hybridized carbons (Fsp3) is 0.471. The third kappa shape index (κ3) is 3.42. The molecule has 2 unspecified atom stereocenters. The highest BCUT2D eigenvalue weighted by Crippen LogP contribution is 2.45. The van der Waals surface area contributed by atoms with E-state index in [4.69, 9.17) is 4.74 Å². The zero-order valence-electron chi connectivity index (χ0n) is 13.6. The number of rotatable bonds is 6. The Kier molecular flexibility index (Phi) is 5.10. The number of fused-ring (bicyclic) bond motifs is 1. The van der Waals surface area contributed by atoms with Crippen LogP contribution in [0, 0.1) is 5.92 Å². The quantitative estimate of drug-likeness (QED) is 0.573. The molecule has 2 atom stereocenters. The first kappa shape index (κ1) is 17.2. The SMILES string of the molecule is CC(=O)OCC1=C(C)N2C(=O)C(CC(=O)Cc3cccs3)C2SC1. The maximum Gasteiger partial charge on any atom is 0.302 e. The van der Waals surface area contributed by atoms with Crippen LogP contribution in [-0.2, 0) is 25.5 Å². The van der Waals surface area contributed by atoms with Crippen LogP contribution in [-0.4, -0.2) is 40.3 Å². The minimum atomic E-state index is -0.325. The van der Waals surface area contributed by atoms with Crippen LogP contribution in [0.4, 0.5) is 0 Å². The van der Waals surface area contributed by atoms with Gasteiger partial charge in [0.05, 0.1) is 11.3 Å². The lowest BCUT2D eigenvalue weighted by molar-refractivity contribution is -0.149. The third-order valence-electron chi connectivity index (χ3n) is 4.30. The molecule has 1 aromatic rings. The van der Waals surface area contributed by atoms with E-state index >= 15 is 0 Å². The molecule has 128 valence electrons. The molecule has 0 bridgehead atoms. The fourth-order valence-corrected chi connectivity index (χ4v) is 5.23. The number of thiophene rings is 1. The van der Waals surface area contributed by atoms with Gasteiger partial charge in [0.1, 0.15) is 12.4 Å². The van der Waals surface area contributed by atoms with Crippen molar-refractivity contribution in [1.82, 2.24) is 4.90 Å². The van der Waals surface area contributed by atoms with Crippen molar-refractivity contribution < 1.29 is 19.1 Å². The zero-order chi connectivity index (χ0) is 17.3. The number of Topliss-reactive ketones (excluding diaryl/α,β-unsaturated/α-hetero) is 1. The van der Waals surface area contributed by atoms with Gasteiger partial charge in [0.2, 0.25) is 5.91 Å². The lowest BCUT2D eigenvalue weighted by Crippen LogP contribution is -2.60. The average Bonchev–Trinajstić information content (AvgIpc) is 3.03. The Bertz CT molecular complexity index is 695. The number of hydrogen-bond acceptors (Lipinski definition) is 6. The van der Waals surface area contributed by atoms with Crippen molar-refractivity contribution >= 4 is 40.8 Å². The molecular weight excluding hydrogens is 346 g/mol. The second-order valence-corrected chi connectivity index (χ2v) is 8.12. The van der Waals surface area contributed by atoms with Crippen LogP contribution in [0.15, 0.2) is 28.8 Å². The van der Waals surface area contributed by atoms with Gasteiger partial charge in [0.25, 0.3) is 0 Å². The molecule has 24 heavy (non-hydrogen) atoms. The molecule has 7 heteroatoms. The van der Waals surface area contributed by atoms with Crippen molar-refractivity contribution in [2.24, 2.45) is 5.92 Å². The molecule has 1 aromatic heterocycles. The Hall–Kier alpha value is -1.60. The van der Waals surface area contributed by atoms with E-state index in [2.05, 4.69) is 0 Å². The maximum absolute atomic E-state index is 12.4. The Balaban J connectivity index is 1.60. The molecule has 2 aliphatic rings. The average molecular weight is 365 g/mol. The van der Waals surface area contributed by atoms with Gasteiger partial charge in [0.15, 0.2) is 0 Å². The number of carbonyl (C=O) groups excluding carboxylic acids is 3. The van der Waals surface area contributed by atoms with Crippen LogP contribution in [0.2, 0.25) is 0 Å². The van der Waals surface area contributed by atoms with Crippen LogP contribution < -0.4 is 0 Å². The first-order valence-corrected chi connectivity index (χ1v) is 9.71. The summed E-state index contributed by atoms with van der Waals surface area (Å²) in [5, 5.41) is 1.99. The van der Waals surface area contributed by atoms with E-state index in [-0.39, 0.29) is 35.6 Å². The number of carbonyl (C=O) groups is 3. The van der Waals surface area contributed by atoms with E-state index in [1.807, 2.05) is 24.4 Å². The molecule has 0 radical (unpaired) electrons. The van der Waals surface area contributed by atoms with Gasteiger partial charge in [-0.05, 0) is 23.9 Å². The molecule has 3 heterocycles. The molecule has 5 nitrogen and oxygen atoms in total. The number of β-lactam (4-membered cyclic amide) rings is 1. The number of amides is 1. The monoisotopic (exact) mass is 365 g/mol. The Labute approximate surface area is 149 Å². The predicted molar refractivity (Wildman–Crippen MR) is 93.6 cm³/mol. The summed E-state index contributed by atoms with van der Waals surface area (Å²) in [7, 11) is 0. The van der Waals surface area contributed by atoms with Crippen molar-refractivity contribution in [2.75, 3.05) is 12.4 Å². The highest BCUT2D eigenvalue weighted by atomic mass is 32.2. The number of hydrogen-bond donors (Lipinski definition) is 0. The van der Waals surface area contributed by atoms with E-state index in [9.17, 15) is 14.4 Å². The maximum atomic E-state index is 12.4. The molecule has 0 aromatic carbocycles. The molecule has 2 aliphatic heterocycles. The number of thioether (sulfide) groups is 1. The Morgan fingerprint density at radius 2 is 2.21 bits per heavy atom. The summed E-state index contributed by atoms with van der Waals surface area (Å²) in [5.41, 5.74) is 1.83. The van der Waals surface area contributed by atoms with E-state index < -0.39 is 0 Å². The summed E-state index contributed by atoms with van der Waals surface area (Å²) in [5.74, 6) is 0.290. The molecule has 1 amide bonds. The zero-order valence-corrected chi connectivity index (χ0v) is 15.2. The molecule has 0 saturated carbocycles. The topological polar surface area (TPSA) is 63.7 Å². The van der Waals surface area contributed by atoms with Gasteiger partial charge in [-0.15, -0.1) is 23.1 Å². The lowest BCUT2D eigenvalue weighted by Gasteiger charge is -2.50. The minimum Gasteiger partial charge on any atom is -0.461 e. The van der Waals surface area contributed by atoms with E-state index in [1.165, 1.54) is 6.92 Å². The van der Waals surface area contributed by atoms with Crippen molar-refractivity contribution in [3.8, 4) is 0 Å². The second-order valence-electron chi connectivity index (χ2n) is 5.98. The molecular formula is C17H19NO4S2. The van der Waals surface area contributed by atoms with Crippen molar-refractivity contribution in [1.29, 1.82) is 0 Å². The van der Waals surface area contributed by atoms with Gasteiger partial charge >= 0.3 is 5.97 Å². The normalized spacial score (nSPS) is 22.9. The van der Waals surface area contributed by atoms with Crippen LogP contribution >= 0.6 is 23.1 Å². The number of ketones is 1. The smallest absolute Gasteiger partial charge is 0.302 e. The number of esters is 1. The van der Waals surface area contributed by atoms with Gasteiger partial charge in [-0.1, -0.05) is 6.07 Å². The molecule has 1 fully saturated rings. The van der Waals surface area contributed by atoms with Crippen LogP contribution in [0.3, 0.4) is 0 Å². The highest BCUT2D eigenvalue weighted by Gasteiger charge is 2.51. The molecule has 3 rings (SSSR count). The van der Waals surface area contributed by atoms with Gasteiger partial charge in [-0.25, -0.2) is 0 Å². The summed E-state index contributed by atoms with van der Waals surface area (Å²) in [6.45, 7) is 3.48. The summed E-state index contributed by atoms with van der Waals surface area (Å²) >= 11 is 3.21. The Morgan fingerprint density at radius 1 is 1.42 bits per heavy atom. The van der Waals surface area contributed by atoms with Crippen molar-refractivity contribution in [3.05, 3.63) is 33.7 Å². The van der Waals surface area contributed by atoms with E-state index in [0.717, 1.165) is 21.9 Å². The number of ether oxygens (including phenoxy) is 1. The standard InChI is InChI=1S/C17H19NO4S2/c1-10-12(8-22-11(2)19)9-24-17-15(16(21)18(10)17)7-13(20)6-14-4-3-5-23-14/h3-5,15,17H,6-9H2,1-2H3. The predicted octanol–water partition coefficient (Wildman–Crippen LogP) is 2.62. The van der Waals surface area contributed by atoms with Gasteiger partial charge in [-0.2, -0.15) is 0 Å². The van der Waals surface area contributed by atoms with Crippen molar-refractivity contribution in [2.45, 2.75) is 32.1 Å². The fourth-order valence-electron chi connectivity index (χ4n) is 2.98. The lowest BCUT2D eigenvalue weighted by atomic mass is 9.90. The molecule has 0 N–H and O–H groups in total. The largest absolute Gasteiger partial charge is 0.461 e. The van der Waals surface area contributed by atoms with E-state index in [1.54, 1.807) is 28.0 Å². The summed E-state index contributed by atoms with van der Waals surface area (Å²) < 4.78 is 5.04. The first-order valence-electron chi connectivity index (χ1n) is 7.78. The molecule has 0 aliphatic carbocycles. The van der Waals surface area contributed by atoms with Gasteiger partial charge < -0.3 is 9.64 Å². The molecule has 0 spiro atoms. The minimum absolute atomic E-state index is 0.00422. The summed E-state index contributed by atoms with van der Waals surface area (Å²) in [4.78, 5) is 38.4. The van der Waals surface area contributed by atoms with Crippen LogP contribution in [0.25, 0.3) is 0 Å². The van der Waals surface area contributed by atoms with Crippen LogP contribution in [0.5, 0.6) is 0 Å². The number of nitrogens with zero attached hydrogens (tertiary/aromatic N) is 1. The van der Waals surface area contributed by atoms with Crippen molar-refractivity contribution in [3.63, 3.8) is 0 Å². The molecule has 1 saturated heterocycles.